The van der Waals surface area contributed by atoms with Gasteiger partial charge in [0.1, 0.15) is 4.88 Å². The number of aromatic nitrogens is 3. The number of carbonyl (C=O) groups excluding carboxylic acids is 2. The Morgan fingerprint density at radius 2 is 1.76 bits per heavy atom. The summed E-state index contributed by atoms with van der Waals surface area (Å²) in [6.07, 6.45) is -0.0802. The lowest BCUT2D eigenvalue weighted by Crippen LogP contribution is -2.31. The molecule has 0 atom stereocenters. The molecule has 2 aromatic carbocycles. The predicted molar refractivity (Wildman–Crippen MR) is 126 cm³/mol. The number of carbonyl (C=O) groups is 2. The zero-order chi connectivity index (χ0) is 23.4. The smallest absolute Gasteiger partial charge is 0.350 e. The van der Waals surface area contributed by atoms with Gasteiger partial charge in [-0.15, -0.1) is 0 Å². The van der Waals surface area contributed by atoms with Crippen molar-refractivity contribution in [3.05, 3.63) is 80.2 Å². The number of H-pyrrole nitrogens is 1. The Labute approximate surface area is 191 Å². The van der Waals surface area contributed by atoms with Crippen LogP contribution < -0.4 is 16.4 Å². The van der Waals surface area contributed by atoms with Crippen molar-refractivity contribution in [1.82, 2.24) is 14.8 Å². The number of esters is 1. The molecule has 0 unspecified atom stereocenters. The van der Waals surface area contributed by atoms with Gasteiger partial charge in [-0.2, -0.15) is 0 Å². The molecule has 2 heterocycles. The van der Waals surface area contributed by atoms with Crippen molar-refractivity contribution in [2.75, 3.05) is 11.9 Å². The van der Waals surface area contributed by atoms with Gasteiger partial charge < -0.3 is 10.1 Å². The fourth-order valence-corrected chi connectivity index (χ4v) is 4.20. The third-order valence-electron chi connectivity index (χ3n) is 4.83. The maximum absolute atomic E-state index is 12.6. The average Bonchev–Trinajstić information content (AvgIpc) is 3.25. The van der Waals surface area contributed by atoms with Gasteiger partial charge in [0.15, 0.2) is 5.13 Å². The number of anilines is 1. The number of amides is 1. The number of nitrogens with one attached hydrogen (secondary N) is 2. The molecule has 2 N–H and O–H groups in total. The number of fused-ring (bicyclic) bond motifs is 1. The van der Waals surface area contributed by atoms with E-state index in [9.17, 15) is 19.2 Å². The highest BCUT2D eigenvalue weighted by atomic mass is 32.1. The molecular weight excluding hydrogens is 444 g/mol. The molecule has 0 aliphatic heterocycles. The highest BCUT2D eigenvalue weighted by Crippen LogP contribution is 2.31. The molecule has 0 aliphatic carbocycles. The van der Waals surface area contributed by atoms with Gasteiger partial charge in [0.25, 0.3) is 11.1 Å². The monoisotopic (exact) mass is 464 g/mol. The molecule has 0 aliphatic rings. The summed E-state index contributed by atoms with van der Waals surface area (Å²) < 4.78 is 6.24. The quantitative estimate of drug-likeness (QED) is 0.405. The van der Waals surface area contributed by atoms with Crippen LogP contribution in [0, 0.1) is 0 Å². The maximum atomic E-state index is 12.6. The van der Waals surface area contributed by atoms with Gasteiger partial charge in [0.2, 0.25) is 5.91 Å². The van der Waals surface area contributed by atoms with E-state index >= 15 is 0 Å². The van der Waals surface area contributed by atoms with Crippen LogP contribution in [-0.4, -0.2) is 33.2 Å². The second-order valence-electron chi connectivity index (χ2n) is 7.02. The van der Waals surface area contributed by atoms with Crippen LogP contribution in [0.4, 0.5) is 5.13 Å². The van der Waals surface area contributed by atoms with E-state index in [4.69, 9.17) is 4.74 Å². The number of ether oxygens (including phenoxy) is 1. The second-order valence-corrected chi connectivity index (χ2v) is 8.02. The minimum absolute atomic E-state index is 0.0214. The minimum Gasteiger partial charge on any atom is -0.462 e. The number of thiazole rings is 1. The lowest BCUT2D eigenvalue weighted by Gasteiger charge is -2.07. The Morgan fingerprint density at radius 1 is 1.06 bits per heavy atom. The zero-order valence-corrected chi connectivity index (χ0v) is 18.5. The molecule has 0 spiro atoms. The van der Waals surface area contributed by atoms with E-state index in [1.807, 2.05) is 30.3 Å². The van der Waals surface area contributed by atoms with Crippen molar-refractivity contribution in [2.24, 2.45) is 0 Å². The Balaban J connectivity index is 1.53. The van der Waals surface area contributed by atoms with Gasteiger partial charge in [-0.05, 0) is 19.1 Å². The molecule has 4 rings (SSSR count). The van der Waals surface area contributed by atoms with Gasteiger partial charge in [0, 0.05) is 12.0 Å². The standard InChI is InChI=1S/C23H20N4O5S/c1-2-32-22(31)19-18(14-8-4-3-5-9-14)25-23(33-19)24-17(28)12-13-27-21(30)16-11-7-6-10-15(16)20(29)26-27/h3-11H,2,12-13H2,1H3,(H,26,29)(H,24,25,28). The normalized spacial score (nSPS) is 10.8. The van der Waals surface area contributed by atoms with E-state index in [2.05, 4.69) is 15.4 Å². The molecule has 9 nitrogen and oxygen atoms in total. The summed E-state index contributed by atoms with van der Waals surface area (Å²) in [7, 11) is 0. The van der Waals surface area contributed by atoms with Crippen LogP contribution in [-0.2, 0) is 16.1 Å². The molecule has 33 heavy (non-hydrogen) atoms. The van der Waals surface area contributed by atoms with Crippen LogP contribution in [0.25, 0.3) is 22.0 Å². The van der Waals surface area contributed by atoms with Crippen molar-refractivity contribution < 1.29 is 14.3 Å². The summed E-state index contributed by atoms with van der Waals surface area (Å²) in [5.74, 6) is -0.936. The van der Waals surface area contributed by atoms with Gasteiger partial charge >= 0.3 is 5.97 Å². The minimum atomic E-state index is -0.519. The predicted octanol–water partition coefficient (Wildman–Crippen LogP) is 3.02. The topological polar surface area (TPSA) is 123 Å². The van der Waals surface area contributed by atoms with E-state index in [1.165, 1.54) is 0 Å². The lowest BCUT2D eigenvalue weighted by molar-refractivity contribution is -0.116. The van der Waals surface area contributed by atoms with Crippen LogP contribution in [0.3, 0.4) is 0 Å². The number of hydrogen-bond donors (Lipinski definition) is 2. The van der Waals surface area contributed by atoms with Gasteiger partial charge in [0.05, 0.1) is 29.6 Å². The van der Waals surface area contributed by atoms with Crippen molar-refractivity contribution >= 4 is 39.1 Å². The third-order valence-corrected chi connectivity index (χ3v) is 5.78. The van der Waals surface area contributed by atoms with Crippen LogP contribution >= 0.6 is 11.3 Å². The van der Waals surface area contributed by atoms with Crippen molar-refractivity contribution in [2.45, 2.75) is 19.9 Å². The molecule has 4 aromatic rings. The summed E-state index contributed by atoms with van der Waals surface area (Å²) in [6.45, 7) is 1.90. The molecule has 1 amide bonds. The lowest BCUT2D eigenvalue weighted by atomic mass is 10.1. The third kappa shape index (κ3) is 4.75. The van der Waals surface area contributed by atoms with Crippen molar-refractivity contribution in [3.63, 3.8) is 0 Å². The summed E-state index contributed by atoms with van der Waals surface area (Å²) in [5, 5.41) is 5.98. The van der Waals surface area contributed by atoms with E-state index < -0.39 is 17.4 Å². The number of nitrogens with zero attached hydrogens (tertiary/aromatic N) is 2. The molecule has 0 bridgehead atoms. The fourth-order valence-electron chi connectivity index (χ4n) is 3.30. The molecular formula is C23H20N4O5S. The van der Waals surface area contributed by atoms with E-state index in [0.717, 1.165) is 21.6 Å². The summed E-state index contributed by atoms with van der Waals surface area (Å²) in [5.41, 5.74) is 0.349. The van der Waals surface area contributed by atoms with E-state index in [1.54, 1.807) is 31.2 Å². The molecule has 168 valence electrons. The summed E-state index contributed by atoms with van der Waals surface area (Å²) in [6, 6.07) is 15.6. The Morgan fingerprint density at radius 3 is 2.48 bits per heavy atom. The van der Waals surface area contributed by atoms with Gasteiger partial charge in [-0.3, -0.25) is 19.5 Å². The second kappa shape index (κ2) is 9.61. The van der Waals surface area contributed by atoms with Crippen LogP contribution in [0.15, 0.2) is 64.2 Å². The van der Waals surface area contributed by atoms with Gasteiger partial charge in [-0.25, -0.2) is 14.5 Å². The number of benzene rings is 2. The molecule has 0 saturated carbocycles. The molecule has 0 saturated heterocycles. The Hall–Kier alpha value is -4.05. The van der Waals surface area contributed by atoms with Crippen molar-refractivity contribution in [1.29, 1.82) is 0 Å². The summed E-state index contributed by atoms with van der Waals surface area (Å²) in [4.78, 5) is 54.4. The molecule has 2 aromatic heterocycles. The van der Waals surface area contributed by atoms with Crippen LogP contribution in [0.5, 0.6) is 0 Å². The molecule has 0 fully saturated rings. The largest absolute Gasteiger partial charge is 0.462 e. The number of hydrogen-bond acceptors (Lipinski definition) is 7. The highest BCUT2D eigenvalue weighted by molar-refractivity contribution is 7.18. The number of aryl methyl sites for hydroxylation is 1. The molecule has 10 heteroatoms. The van der Waals surface area contributed by atoms with E-state index in [0.29, 0.717) is 11.1 Å². The van der Waals surface area contributed by atoms with Crippen LogP contribution in [0.2, 0.25) is 0 Å². The number of aromatic amines is 1. The Bertz CT molecular complexity index is 1440. The first-order valence-corrected chi connectivity index (χ1v) is 11.0. The zero-order valence-electron chi connectivity index (χ0n) is 17.7. The first-order valence-electron chi connectivity index (χ1n) is 10.2. The maximum Gasteiger partial charge on any atom is 0.350 e. The summed E-state index contributed by atoms with van der Waals surface area (Å²) >= 11 is 1.02. The van der Waals surface area contributed by atoms with Crippen molar-refractivity contribution in [3.8, 4) is 11.3 Å². The number of rotatable bonds is 7. The average molecular weight is 465 g/mol. The van der Waals surface area contributed by atoms with Crippen LogP contribution in [0.1, 0.15) is 23.0 Å². The van der Waals surface area contributed by atoms with Gasteiger partial charge in [-0.1, -0.05) is 53.8 Å². The van der Waals surface area contributed by atoms with E-state index in [-0.39, 0.29) is 40.5 Å². The SMILES string of the molecule is CCOC(=O)c1sc(NC(=O)CCn2[nH]c(=O)c3ccccc3c2=O)nc1-c1ccccc1. The Kier molecular flexibility index (Phi) is 6.45. The first-order chi connectivity index (χ1) is 16.0. The molecule has 0 radical (unpaired) electrons. The first kappa shape index (κ1) is 22.2. The highest BCUT2D eigenvalue weighted by Gasteiger charge is 2.21. The fraction of sp³-hybridized carbons (Fsp3) is 0.174.